The normalized spacial score (nSPS) is 10.7. The van der Waals surface area contributed by atoms with Gasteiger partial charge in [0.05, 0.1) is 17.3 Å². The average Bonchev–Trinajstić information content (AvgIpc) is 2.89. The Morgan fingerprint density at radius 2 is 2.09 bits per heavy atom. The number of fused-ring (bicyclic) bond motifs is 1. The monoisotopic (exact) mass is 290 g/mol. The largest absolute Gasteiger partial charge is 0.399 e. The molecule has 2 aromatic heterocycles. The number of nitrogens with zero attached hydrogens (tertiary/aromatic N) is 3. The summed E-state index contributed by atoms with van der Waals surface area (Å²) < 4.78 is 1.84. The summed E-state index contributed by atoms with van der Waals surface area (Å²) in [5.74, 6) is 7.44. The summed E-state index contributed by atoms with van der Waals surface area (Å²) in [6.45, 7) is 6.16. The van der Waals surface area contributed by atoms with Crippen LogP contribution in [0, 0.1) is 24.7 Å². The Bertz CT molecular complexity index is 894. The van der Waals surface area contributed by atoms with Crippen molar-refractivity contribution in [3.8, 4) is 17.7 Å². The van der Waals surface area contributed by atoms with Crippen molar-refractivity contribution >= 4 is 16.6 Å². The number of aromatic nitrogens is 3. The van der Waals surface area contributed by atoms with E-state index in [9.17, 15) is 0 Å². The van der Waals surface area contributed by atoms with E-state index in [0.717, 1.165) is 33.5 Å². The van der Waals surface area contributed by atoms with Gasteiger partial charge < -0.3 is 5.73 Å². The van der Waals surface area contributed by atoms with Gasteiger partial charge >= 0.3 is 0 Å². The van der Waals surface area contributed by atoms with Gasteiger partial charge in [0.15, 0.2) is 5.82 Å². The molecule has 0 amide bonds. The van der Waals surface area contributed by atoms with Crippen LogP contribution in [0.3, 0.4) is 0 Å². The first kappa shape index (κ1) is 14.2. The molecule has 0 aliphatic heterocycles. The number of anilines is 1. The van der Waals surface area contributed by atoms with Gasteiger partial charge in [-0.05, 0) is 36.8 Å². The van der Waals surface area contributed by atoms with Crippen molar-refractivity contribution in [2.24, 2.45) is 5.92 Å². The number of hydrogen-bond donors (Lipinski definition) is 1. The summed E-state index contributed by atoms with van der Waals surface area (Å²) in [6, 6.07) is 7.74. The molecule has 3 rings (SSSR count). The lowest BCUT2D eigenvalue weighted by molar-refractivity contribution is 0.861. The molecular weight excluding hydrogens is 272 g/mol. The Hall–Kier alpha value is -2.80. The summed E-state index contributed by atoms with van der Waals surface area (Å²) in [7, 11) is 0. The number of benzene rings is 1. The Kier molecular flexibility index (Phi) is 3.56. The highest BCUT2D eigenvalue weighted by Gasteiger charge is 2.12. The van der Waals surface area contributed by atoms with Gasteiger partial charge in [-0.1, -0.05) is 25.7 Å². The molecule has 4 nitrogen and oxygen atoms in total. The van der Waals surface area contributed by atoms with E-state index in [0.29, 0.717) is 5.92 Å². The van der Waals surface area contributed by atoms with Gasteiger partial charge in [-0.25, -0.2) is 9.67 Å². The lowest BCUT2D eigenvalue weighted by Gasteiger charge is -2.07. The second kappa shape index (κ2) is 5.53. The molecule has 0 saturated heterocycles. The van der Waals surface area contributed by atoms with Crippen molar-refractivity contribution < 1.29 is 0 Å². The van der Waals surface area contributed by atoms with Crippen molar-refractivity contribution in [1.29, 1.82) is 0 Å². The molecule has 0 atom stereocenters. The molecule has 0 radical (unpaired) electrons. The minimum absolute atomic E-state index is 0.309. The molecule has 0 fully saturated rings. The topological polar surface area (TPSA) is 56.7 Å². The highest BCUT2D eigenvalue weighted by atomic mass is 15.3. The Labute approximate surface area is 130 Å². The quantitative estimate of drug-likeness (QED) is 0.552. The standard InChI is InChI=1S/C18H18N4/c1-12(2)6-7-14-5-4-8-20-18(14)22-17-13(3)9-16(19)10-15(17)11-21-22/h4-5,8-12H,19H2,1-3H3. The van der Waals surface area contributed by atoms with Crippen LogP contribution in [0.5, 0.6) is 0 Å². The van der Waals surface area contributed by atoms with Gasteiger partial charge in [0, 0.05) is 23.2 Å². The van der Waals surface area contributed by atoms with Crippen LogP contribution >= 0.6 is 0 Å². The predicted octanol–water partition coefficient (Wildman–Crippen LogP) is 3.32. The van der Waals surface area contributed by atoms with Crippen LogP contribution in [0.1, 0.15) is 25.0 Å². The first-order valence-electron chi connectivity index (χ1n) is 7.27. The molecule has 110 valence electrons. The van der Waals surface area contributed by atoms with Crippen LogP contribution < -0.4 is 5.73 Å². The zero-order valence-corrected chi connectivity index (χ0v) is 13.0. The van der Waals surface area contributed by atoms with Crippen molar-refractivity contribution in [2.75, 3.05) is 5.73 Å². The van der Waals surface area contributed by atoms with E-state index in [1.165, 1.54) is 0 Å². The van der Waals surface area contributed by atoms with E-state index in [2.05, 4.69) is 35.8 Å². The van der Waals surface area contributed by atoms with Crippen LogP contribution in [0.25, 0.3) is 16.7 Å². The molecule has 0 aliphatic rings. The van der Waals surface area contributed by atoms with Gasteiger partial charge in [0.1, 0.15) is 0 Å². The van der Waals surface area contributed by atoms with E-state index in [1.54, 1.807) is 6.20 Å². The van der Waals surface area contributed by atoms with Gasteiger partial charge in [-0.3, -0.25) is 0 Å². The molecule has 1 aromatic carbocycles. The van der Waals surface area contributed by atoms with Crippen molar-refractivity contribution in [2.45, 2.75) is 20.8 Å². The second-order valence-electron chi connectivity index (χ2n) is 5.63. The van der Waals surface area contributed by atoms with Crippen LogP contribution in [-0.4, -0.2) is 14.8 Å². The molecule has 3 aromatic rings. The fraction of sp³-hybridized carbons (Fsp3) is 0.222. The summed E-state index contributed by atoms with van der Waals surface area (Å²) in [5, 5.41) is 5.49. The first-order chi connectivity index (χ1) is 10.6. The van der Waals surface area contributed by atoms with Gasteiger partial charge in [-0.2, -0.15) is 5.10 Å². The summed E-state index contributed by atoms with van der Waals surface area (Å²) in [5.41, 5.74) is 9.61. The van der Waals surface area contributed by atoms with E-state index < -0.39 is 0 Å². The molecule has 0 unspecified atom stereocenters. The van der Waals surface area contributed by atoms with Gasteiger partial charge in [0.2, 0.25) is 0 Å². The van der Waals surface area contributed by atoms with Crippen LogP contribution in [0.4, 0.5) is 5.69 Å². The fourth-order valence-electron chi connectivity index (χ4n) is 2.45. The maximum atomic E-state index is 5.91. The van der Waals surface area contributed by atoms with Crippen molar-refractivity contribution in [1.82, 2.24) is 14.8 Å². The van der Waals surface area contributed by atoms with Crippen LogP contribution in [0.15, 0.2) is 36.7 Å². The molecule has 2 N–H and O–H groups in total. The third kappa shape index (κ3) is 2.53. The zero-order chi connectivity index (χ0) is 15.7. The van der Waals surface area contributed by atoms with E-state index >= 15 is 0 Å². The van der Waals surface area contributed by atoms with Crippen LogP contribution in [0.2, 0.25) is 0 Å². The van der Waals surface area contributed by atoms with Gasteiger partial charge in [0.25, 0.3) is 0 Å². The molecule has 2 heterocycles. The maximum Gasteiger partial charge on any atom is 0.169 e. The van der Waals surface area contributed by atoms with E-state index in [-0.39, 0.29) is 0 Å². The summed E-state index contributed by atoms with van der Waals surface area (Å²) in [6.07, 6.45) is 3.57. The number of pyridine rings is 1. The zero-order valence-electron chi connectivity index (χ0n) is 13.0. The Balaban J connectivity index is 2.23. The highest BCUT2D eigenvalue weighted by Crippen LogP contribution is 2.24. The number of nitrogen functional groups attached to an aromatic ring is 1. The molecule has 0 spiro atoms. The van der Waals surface area contributed by atoms with Gasteiger partial charge in [-0.15, -0.1) is 0 Å². The van der Waals surface area contributed by atoms with E-state index in [4.69, 9.17) is 5.73 Å². The molecule has 0 aliphatic carbocycles. The molecule has 0 bridgehead atoms. The molecule has 4 heteroatoms. The lowest BCUT2D eigenvalue weighted by atomic mass is 10.1. The molecule has 22 heavy (non-hydrogen) atoms. The third-order valence-corrected chi connectivity index (χ3v) is 3.36. The first-order valence-corrected chi connectivity index (χ1v) is 7.27. The minimum atomic E-state index is 0.309. The summed E-state index contributed by atoms with van der Waals surface area (Å²) >= 11 is 0. The Morgan fingerprint density at radius 3 is 2.86 bits per heavy atom. The minimum Gasteiger partial charge on any atom is -0.399 e. The van der Waals surface area contributed by atoms with Crippen molar-refractivity contribution in [3.63, 3.8) is 0 Å². The molecule has 0 saturated carbocycles. The number of nitrogens with two attached hydrogens (primary N) is 1. The number of aryl methyl sites for hydroxylation is 1. The average molecular weight is 290 g/mol. The third-order valence-electron chi connectivity index (χ3n) is 3.36. The Morgan fingerprint density at radius 1 is 1.27 bits per heavy atom. The summed E-state index contributed by atoms with van der Waals surface area (Å²) in [4.78, 5) is 4.48. The molecular formula is C18H18N4. The maximum absolute atomic E-state index is 5.91. The van der Waals surface area contributed by atoms with Crippen LogP contribution in [-0.2, 0) is 0 Å². The second-order valence-corrected chi connectivity index (χ2v) is 5.63. The van der Waals surface area contributed by atoms with Crippen molar-refractivity contribution in [3.05, 3.63) is 47.8 Å². The smallest absolute Gasteiger partial charge is 0.169 e. The highest BCUT2D eigenvalue weighted by molar-refractivity contribution is 5.86. The van der Waals surface area contributed by atoms with E-state index in [1.807, 2.05) is 42.1 Å². The SMILES string of the molecule is Cc1cc(N)cc2cnn(-c3ncccc3C#CC(C)C)c12. The lowest BCUT2D eigenvalue weighted by Crippen LogP contribution is -2.03. The fourth-order valence-corrected chi connectivity index (χ4v) is 2.45. The predicted molar refractivity (Wildman–Crippen MR) is 89.7 cm³/mol. The number of hydrogen-bond acceptors (Lipinski definition) is 3. The number of rotatable bonds is 1.